The van der Waals surface area contributed by atoms with Crippen LogP contribution in [0.5, 0.6) is 0 Å². The maximum Gasteiger partial charge on any atom is 0.154 e. The van der Waals surface area contributed by atoms with Crippen molar-refractivity contribution < 1.29 is 4.79 Å². The van der Waals surface area contributed by atoms with Gasteiger partial charge in [0.2, 0.25) is 0 Å². The second-order valence-corrected chi connectivity index (χ2v) is 2.29. The van der Waals surface area contributed by atoms with E-state index in [0.717, 1.165) is 5.70 Å². The standard InChI is InChI=1S/C9H13NO.C2H4/c1-5-7(2)10-8(3)6-9(4)11;1-2/h5-6,10H,1-2H2,3-4H3;1-2H2/b8-6-;. The highest BCUT2D eigenvalue weighted by atomic mass is 16.1. The lowest BCUT2D eigenvalue weighted by molar-refractivity contribution is -0.112. The Hall–Kier alpha value is -1.57. The molecule has 0 amide bonds. The number of rotatable bonds is 4. The molecular weight excluding hydrogens is 162 g/mol. The lowest BCUT2D eigenvalue weighted by Gasteiger charge is -2.03. The molecule has 0 aromatic rings. The van der Waals surface area contributed by atoms with Crippen molar-refractivity contribution in [2.24, 2.45) is 0 Å². The summed E-state index contributed by atoms with van der Waals surface area (Å²) in [6, 6.07) is 0. The Kier molecular flexibility index (Phi) is 9.17. The van der Waals surface area contributed by atoms with Crippen LogP contribution in [0.1, 0.15) is 13.8 Å². The van der Waals surface area contributed by atoms with Crippen molar-refractivity contribution in [3.8, 4) is 0 Å². The van der Waals surface area contributed by atoms with E-state index < -0.39 is 0 Å². The van der Waals surface area contributed by atoms with Gasteiger partial charge in [0.1, 0.15) is 0 Å². The molecule has 0 rings (SSSR count). The Balaban J connectivity index is 0. The van der Waals surface area contributed by atoms with E-state index in [1.165, 1.54) is 13.0 Å². The molecule has 13 heavy (non-hydrogen) atoms. The fraction of sp³-hybridized carbons (Fsp3) is 0.182. The molecule has 72 valence electrons. The molecule has 0 spiro atoms. The molecule has 0 fully saturated rings. The zero-order valence-corrected chi connectivity index (χ0v) is 8.39. The van der Waals surface area contributed by atoms with Gasteiger partial charge in [0.05, 0.1) is 0 Å². The third kappa shape index (κ3) is 10.4. The predicted molar refractivity (Wildman–Crippen MR) is 58.2 cm³/mol. The van der Waals surface area contributed by atoms with Gasteiger partial charge in [0.15, 0.2) is 5.78 Å². The van der Waals surface area contributed by atoms with E-state index in [9.17, 15) is 4.79 Å². The molecule has 0 saturated carbocycles. The first-order valence-corrected chi connectivity index (χ1v) is 3.83. The Labute approximate surface area is 80.3 Å². The van der Waals surface area contributed by atoms with E-state index in [0.29, 0.717) is 5.70 Å². The number of carbonyl (C=O) groups is 1. The molecule has 2 nitrogen and oxygen atoms in total. The quantitative estimate of drug-likeness (QED) is 0.408. The fourth-order valence-corrected chi connectivity index (χ4v) is 0.645. The molecule has 0 bridgehead atoms. The maximum absolute atomic E-state index is 10.6. The number of carbonyl (C=O) groups excluding carboxylic acids is 1. The monoisotopic (exact) mass is 179 g/mol. The average molecular weight is 179 g/mol. The highest BCUT2D eigenvalue weighted by molar-refractivity contribution is 5.87. The van der Waals surface area contributed by atoms with Crippen LogP contribution in [0.4, 0.5) is 0 Å². The van der Waals surface area contributed by atoms with Crippen LogP contribution in [-0.4, -0.2) is 5.78 Å². The summed E-state index contributed by atoms with van der Waals surface area (Å²) >= 11 is 0. The lowest BCUT2D eigenvalue weighted by Crippen LogP contribution is -2.08. The van der Waals surface area contributed by atoms with Crippen molar-refractivity contribution in [3.63, 3.8) is 0 Å². The van der Waals surface area contributed by atoms with Gasteiger partial charge < -0.3 is 5.32 Å². The first kappa shape index (κ1) is 14.0. The molecule has 0 saturated heterocycles. The van der Waals surface area contributed by atoms with Crippen LogP contribution in [0.15, 0.2) is 49.9 Å². The molecule has 0 heterocycles. The largest absolute Gasteiger partial charge is 0.360 e. The summed E-state index contributed by atoms with van der Waals surface area (Å²) < 4.78 is 0. The number of allylic oxidation sites excluding steroid dienone is 3. The van der Waals surface area contributed by atoms with E-state index in [1.807, 2.05) is 0 Å². The zero-order valence-electron chi connectivity index (χ0n) is 8.39. The number of hydrogen-bond donors (Lipinski definition) is 1. The predicted octanol–water partition coefficient (Wildman–Crippen LogP) is 2.57. The molecule has 0 aliphatic rings. The van der Waals surface area contributed by atoms with Crippen molar-refractivity contribution in [2.45, 2.75) is 13.8 Å². The molecule has 0 unspecified atom stereocenters. The summed E-state index contributed by atoms with van der Waals surface area (Å²) in [4.78, 5) is 10.6. The average Bonchev–Trinajstić information content (AvgIpc) is 2.06. The Bertz CT molecular complexity index is 226. The Morgan fingerprint density at radius 1 is 1.31 bits per heavy atom. The molecule has 0 atom stereocenters. The summed E-state index contributed by atoms with van der Waals surface area (Å²) in [5.74, 6) is 0.0202. The summed E-state index contributed by atoms with van der Waals surface area (Å²) in [5, 5.41) is 2.89. The van der Waals surface area contributed by atoms with E-state index in [2.05, 4.69) is 31.6 Å². The van der Waals surface area contributed by atoms with Gasteiger partial charge in [-0.2, -0.15) is 0 Å². The Morgan fingerprint density at radius 3 is 2.08 bits per heavy atom. The van der Waals surface area contributed by atoms with Crippen molar-refractivity contribution >= 4 is 5.78 Å². The smallest absolute Gasteiger partial charge is 0.154 e. The van der Waals surface area contributed by atoms with Crippen LogP contribution in [0.2, 0.25) is 0 Å². The van der Waals surface area contributed by atoms with Gasteiger partial charge in [-0.05, 0) is 26.0 Å². The molecule has 1 N–H and O–H groups in total. The van der Waals surface area contributed by atoms with Gasteiger partial charge in [0, 0.05) is 11.4 Å². The first-order chi connectivity index (χ1) is 6.06. The van der Waals surface area contributed by atoms with E-state index in [1.54, 1.807) is 13.0 Å². The minimum absolute atomic E-state index is 0.0202. The number of ketones is 1. The van der Waals surface area contributed by atoms with Gasteiger partial charge in [-0.15, -0.1) is 13.2 Å². The Morgan fingerprint density at radius 2 is 1.77 bits per heavy atom. The normalized spacial score (nSPS) is 9.23. The highest BCUT2D eigenvalue weighted by Gasteiger charge is 1.90. The van der Waals surface area contributed by atoms with E-state index >= 15 is 0 Å². The van der Waals surface area contributed by atoms with Crippen LogP contribution in [0.3, 0.4) is 0 Å². The van der Waals surface area contributed by atoms with Crippen LogP contribution < -0.4 is 5.32 Å². The lowest BCUT2D eigenvalue weighted by atomic mass is 10.3. The third-order valence-corrected chi connectivity index (χ3v) is 1.02. The zero-order chi connectivity index (χ0) is 10.9. The summed E-state index contributed by atoms with van der Waals surface area (Å²) in [6.07, 6.45) is 3.10. The topological polar surface area (TPSA) is 29.1 Å². The highest BCUT2D eigenvalue weighted by Crippen LogP contribution is 1.92. The minimum Gasteiger partial charge on any atom is -0.360 e. The van der Waals surface area contributed by atoms with Crippen molar-refractivity contribution in [3.05, 3.63) is 49.9 Å². The van der Waals surface area contributed by atoms with Gasteiger partial charge in [-0.3, -0.25) is 4.79 Å². The van der Waals surface area contributed by atoms with E-state index in [4.69, 9.17) is 0 Å². The maximum atomic E-state index is 10.6. The number of nitrogens with one attached hydrogen (secondary N) is 1. The van der Waals surface area contributed by atoms with Crippen molar-refractivity contribution in [1.29, 1.82) is 0 Å². The molecule has 0 aliphatic heterocycles. The van der Waals surface area contributed by atoms with Crippen LogP contribution >= 0.6 is 0 Å². The summed E-state index contributed by atoms with van der Waals surface area (Å²) in [7, 11) is 0. The minimum atomic E-state index is 0.0202. The van der Waals surface area contributed by atoms with Crippen LogP contribution in [-0.2, 0) is 4.79 Å². The van der Waals surface area contributed by atoms with Gasteiger partial charge >= 0.3 is 0 Å². The molecule has 0 aromatic heterocycles. The first-order valence-electron chi connectivity index (χ1n) is 3.83. The molecule has 0 aromatic carbocycles. The second kappa shape index (κ2) is 8.53. The van der Waals surface area contributed by atoms with Crippen LogP contribution in [0, 0.1) is 0 Å². The molecule has 0 aliphatic carbocycles. The number of hydrogen-bond acceptors (Lipinski definition) is 2. The van der Waals surface area contributed by atoms with Gasteiger partial charge in [-0.1, -0.05) is 13.2 Å². The molecule has 2 heteroatoms. The summed E-state index contributed by atoms with van der Waals surface area (Å²) in [6.45, 7) is 16.5. The van der Waals surface area contributed by atoms with Crippen molar-refractivity contribution in [2.75, 3.05) is 0 Å². The fourth-order valence-electron chi connectivity index (χ4n) is 0.645. The SMILES string of the molecule is C=C.C=CC(=C)N/C(C)=C\C(C)=O. The van der Waals surface area contributed by atoms with Crippen LogP contribution in [0.25, 0.3) is 0 Å². The van der Waals surface area contributed by atoms with Gasteiger partial charge in [-0.25, -0.2) is 0 Å². The summed E-state index contributed by atoms with van der Waals surface area (Å²) in [5.41, 5.74) is 1.47. The van der Waals surface area contributed by atoms with Gasteiger partial charge in [0.25, 0.3) is 0 Å². The second-order valence-electron chi connectivity index (χ2n) is 2.29. The van der Waals surface area contributed by atoms with E-state index in [-0.39, 0.29) is 5.78 Å². The molecule has 0 radical (unpaired) electrons. The third-order valence-electron chi connectivity index (χ3n) is 1.02. The van der Waals surface area contributed by atoms with Crippen molar-refractivity contribution in [1.82, 2.24) is 5.32 Å². The molecular formula is C11H17NO.